The molecule has 1 saturated heterocycles. The van der Waals surface area contributed by atoms with Gasteiger partial charge in [0.25, 0.3) is 5.91 Å². The predicted octanol–water partition coefficient (Wildman–Crippen LogP) is 3.36. The van der Waals surface area contributed by atoms with E-state index in [0.717, 1.165) is 59.8 Å². The predicted molar refractivity (Wildman–Crippen MR) is 109 cm³/mol. The van der Waals surface area contributed by atoms with Crippen molar-refractivity contribution in [3.63, 3.8) is 0 Å². The van der Waals surface area contributed by atoms with Gasteiger partial charge in [-0.05, 0) is 67.1 Å². The number of nitrogens with zero attached hydrogens (tertiary/aromatic N) is 2. The number of carbonyl (C=O) groups excluding carboxylic acids is 2. The van der Waals surface area contributed by atoms with Crippen molar-refractivity contribution in [2.45, 2.75) is 12.8 Å². The minimum absolute atomic E-state index is 0.147. The summed E-state index contributed by atoms with van der Waals surface area (Å²) in [6, 6.07) is 14.0. The number of benzene rings is 2. The van der Waals surface area contributed by atoms with Gasteiger partial charge in [-0.3, -0.25) is 9.59 Å². The van der Waals surface area contributed by atoms with Crippen LogP contribution >= 0.6 is 0 Å². The lowest BCUT2D eigenvalue weighted by Gasteiger charge is -2.21. The van der Waals surface area contributed by atoms with Crippen LogP contribution in [0.2, 0.25) is 0 Å². The fourth-order valence-electron chi connectivity index (χ4n) is 5.16. The third-order valence-electron chi connectivity index (χ3n) is 6.70. The highest BCUT2D eigenvalue weighted by molar-refractivity contribution is 6.01. The third-order valence-corrected chi connectivity index (χ3v) is 6.70. The minimum Gasteiger partial charge on any atom is -0.338 e. The second-order valence-electron chi connectivity index (χ2n) is 8.84. The summed E-state index contributed by atoms with van der Waals surface area (Å²) in [6.45, 7) is 2.92. The van der Waals surface area contributed by atoms with E-state index >= 15 is 0 Å². The van der Waals surface area contributed by atoms with E-state index in [9.17, 15) is 9.59 Å². The van der Waals surface area contributed by atoms with E-state index in [4.69, 9.17) is 0 Å². The quantitative estimate of drug-likeness (QED) is 0.824. The van der Waals surface area contributed by atoms with E-state index in [1.807, 2.05) is 41.3 Å². The molecule has 1 unspecified atom stereocenters. The lowest BCUT2D eigenvalue weighted by molar-refractivity contribution is 0.0765. The van der Waals surface area contributed by atoms with Gasteiger partial charge in [0, 0.05) is 37.2 Å². The van der Waals surface area contributed by atoms with E-state index < -0.39 is 0 Å². The molecule has 5 rings (SSSR count). The van der Waals surface area contributed by atoms with E-state index in [2.05, 4.69) is 25.1 Å². The van der Waals surface area contributed by atoms with Gasteiger partial charge in [0.1, 0.15) is 0 Å². The lowest BCUT2D eigenvalue weighted by atomic mass is 9.98. The van der Waals surface area contributed by atoms with Gasteiger partial charge in [-0.2, -0.15) is 0 Å². The maximum Gasteiger partial charge on any atom is 0.253 e. The number of aryl methyl sites for hydroxylation is 1. The van der Waals surface area contributed by atoms with Crippen LogP contribution < -0.4 is 0 Å². The van der Waals surface area contributed by atoms with Gasteiger partial charge < -0.3 is 9.80 Å². The highest BCUT2D eigenvalue weighted by Gasteiger charge is 2.56. The number of hydrogen-bond acceptors (Lipinski definition) is 3. The van der Waals surface area contributed by atoms with Crippen molar-refractivity contribution in [3.05, 3.63) is 59.2 Å². The van der Waals surface area contributed by atoms with Crippen LogP contribution in [0.4, 0.5) is 0 Å². The molecule has 28 heavy (non-hydrogen) atoms. The van der Waals surface area contributed by atoms with E-state index in [-0.39, 0.29) is 11.7 Å². The van der Waals surface area contributed by atoms with Crippen LogP contribution in [0.1, 0.15) is 32.7 Å². The molecule has 0 radical (unpaired) electrons. The first-order chi connectivity index (χ1) is 13.5. The molecule has 4 nitrogen and oxygen atoms in total. The Morgan fingerprint density at radius 3 is 2.54 bits per heavy atom. The fraction of sp³-hybridized carbons (Fsp3) is 0.417. The van der Waals surface area contributed by atoms with Gasteiger partial charge in [-0.1, -0.05) is 30.3 Å². The van der Waals surface area contributed by atoms with Crippen molar-refractivity contribution in [1.82, 2.24) is 9.80 Å². The summed E-state index contributed by atoms with van der Waals surface area (Å²) in [5.74, 6) is 2.52. The van der Waals surface area contributed by atoms with Crippen molar-refractivity contribution >= 4 is 11.7 Å². The summed E-state index contributed by atoms with van der Waals surface area (Å²) >= 11 is 0. The average Bonchev–Trinajstić information content (AvgIpc) is 3.04. The minimum atomic E-state index is 0.147. The van der Waals surface area contributed by atoms with Gasteiger partial charge >= 0.3 is 0 Å². The molecule has 2 fully saturated rings. The first kappa shape index (κ1) is 17.6. The first-order valence-corrected chi connectivity index (χ1v) is 10.2. The van der Waals surface area contributed by atoms with Gasteiger partial charge in [-0.15, -0.1) is 0 Å². The summed E-state index contributed by atoms with van der Waals surface area (Å²) in [7, 11) is 4.24. The molecule has 1 amide bonds. The number of ketones is 1. The molecule has 2 aromatic carbocycles. The Morgan fingerprint density at radius 1 is 1.04 bits per heavy atom. The van der Waals surface area contributed by atoms with Crippen molar-refractivity contribution in [1.29, 1.82) is 0 Å². The van der Waals surface area contributed by atoms with Crippen molar-refractivity contribution in [3.8, 4) is 11.1 Å². The maximum absolute atomic E-state index is 13.0. The largest absolute Gasteiger partial charge is 0.338 e. The molecular formula is C24H26N2O2. The summed E-state index contributed by atoms with van der Waals surface area (Å²) in [5.41, 5.74) is 4.88. The van der Waals surface area contributed by atoms with Crippen LogP contribution in [0.15, 0.2) is 42.5 Å². The Kier molecular flexibility index (Phi) is 4.13. The van der Waals surface area contributed by atoms with Crippen LogP contribution in [0.25, 0.3) is 11.1 Å². The molecule has 3 atom stereocenters. The molecule has 1 aliphatic heterocycles. The zero-order chi connectivity index (χ0) is 19.4. The summed E-state index contributed by atoms with van der Waals surface area (Å²) in [6.07, 6.45) is 1.44. The SMILES string of the molecule is CN(C)CC1[C@H]2CN(C(=O)c3cccc(-c4ccc5c(c4)CCC5=O)c3)C[C@@H]12. The fourth-order valence-corrected chi connectivity index (χ4v) is 5.16. The molecular weight excluding hydrogens is 348 g/mol. The number of Topliss-reactive ketones (excluding diaryl/α,β-unsaturated/α-hetero) is 1. The zero-order valence-electron chi connectivity index (χ0n) is 16.5. The van der Waals surface area contributed by atoms with Crippen molar-refractivity contribution in [2.24, 2.45) is 17.8 Å². The van der Waals surface area contributed by atoms with E-state index in [1.165, 1.54) is 0 Å². The number of piperidine rings is 1. The van der Waals surface area contributed by atoms with E-state index in [1.54, 1.807) is 0 Å². The second kappa shape index (κ2) is 6.56. The third kappa shape index (κ3) is 2.96. The first-order valence-electron chi connectivity index (χ1n) is 10.2. The highest BCUT2D eigenvalue weighted by atomic mass is 16.2. The van der Waals surface area contributed by atoms with E-state index in [0.29, 0.717) is 18.3 Å². The van der Waals surface area contributed by atoms with Gasteiger partial charge in [0.05, 0.1) is 0 Å². The average molecular weight is 374 g/mol. The summed E-state index contributed by atoms with van der Waals surface area (Å²) in [5, 5.41) is 0. The van der Waals surface area contributed by atoms with Crippen LogP contribution in [-0.2, 0) is 6.42 Å². The molecule has 0 bridgehead atoms. The zero-order valence-corrected chi connectivity index (χ0v) is 16.5. The normalized spacial score (nSPS) is 25.2. The van der Waals surface area contributed by atoms with Crippen LogP contribution in [0.5, 0.6) is 0 Å². The Balaban J connectivity index is 1.32. The van der Waals surface area contributed by atoms with Gasteiger partial charge in [0.15, 0.2) is 5.78 Å². The summed E-state index contributed by atoms with van der Waals surface area (Å²) < 4.78 is 0. The van der Waals surface area contributed by atoms with Crippen molar-refractivity contribution < 1.29 is 9.59 Å². The molecule has 2 aliphatic carbocycles. The Bertz CT molecular complexity index is 953. The Hall–Kier alpha value is -2.46. The highest BCUT2D eigenvalue weighted by Crippen LogP contribution is 2.52. The number of hydrogen-bond donors (Lipinski definition) is 0. The van der Waals surface area contributed by atoms with Crippen LogP contribution in [0.3, 0.4) is 0 Å². The standard InChI is InChI=1S/C24H26N2O2/c1-25(2)12-20-21-13-26(14-22(20)21)24(28)18-5-3-4-15(11-18)16-6-8-19-17(10-16)7-9-23(19)27/h3-6,8,10-11,20-22H,7,9,12-14H2,1-2H3/t20?,21-,22+. The second-order valence-corrected chi connectivity index (χ2v) is 8.84. The molecule has 4 heteroatoms. The van der Waals surface area contributed by atoms with Crippen molar-refractivity contribution in [2.75, 3.05) is 33.7 Å². The molecule has 0 N–H and O–H groups in total. The number of fused-ring (bicyclic) bond motifs is 2. The Morgan fingerprint density at radius 2 is 1.79 bits per heavy atom. The van der Waals surface area contributed by atoms with Crippen LogP contribution in [0, 0.1) is 17.8 Å². The number of carbonyl (C=O) groups is 2. The topological polar surface area (TPSA) is 40.6 Å². The number of rotatable bonds is 4. The van der Waals surface area contributed by atoms with Crippen LogP contribution in [-0.4, -0.2) is 55.2 Å². The smallest absolute Gasteiger partial charge is 0.253 e. The molecule has 0 spiro atoms. The molecule has 3 aliphatic rings. The van der Waals surface area contributed by atoms with Gasteiger partial charge in [-0.25, -0.2) is 0 Å². The molecule has 0 aromatic heterocycles. The molecule has 2 aromatic rings. The lowest BCUT2D eigenvalue weighted by Crippen LogP contribution is -2.33. The molecule has 1 heterocycles. The summed E-state index contributed by atoms with van der Waals surface area (Å²) in [4.78, 5) is 29.2. The monoisotopic (exact) mass is 374 g/mol. The molecule has 144 valence electrons. The molecule has 1 saturated carbocycles. The Labute approximate surface area is 166 Å². The number of likely N-dealkylation sites (tertiary alicyclic amines) is 1. The van der Waals surface area contributed by atoms with Gasteiger partial charge in [0.2, 0.25) is 0 Å². The maximum atomic E-state index is 13.0. The number of amides is 1.